The Balaban J connectivity index is 1.26. The molecule has 0 aliphatic heterocycles. The molecule has 0 fully saturated rings. The van der Waals surface area contributed by atoms with Crippen molar-refractivity contribution < 1.29 is 14.1 Å². The van der Waals surface area contributed by atoms with Crippen LogP contribution in [-0.4, -0.2) is 21.0 Å². The Morgan fingerprint density at radius 3 is 2.63 bits per heavy atom. The summed E-state index contributed by atoms with van der Waals surface area (Å²) in [6.07, 6.45) is 2.28. The second-order valence-corrected chi connectivity index (χ2v) is 6.57. The van der Waals surface area contributed by atoms with Crippen LogP contribution in [0.2, 0.25) is 0 Å². The van der Waals surface area contributed by atoms with E-state index in [0.717, 1.165) is 17.1 Å². The van der Waals surface area contributed by atoms with Gasteiger partial charge in [0.05, 0.1) is 0 Å². The minimum Gasteiger partial charge on any atom is -0.457 e. The molecule has 4 aromatic rings. The SMILES string of the molecule is O=C(CCc1nc(-c2ccccn2)no1)NCc1cccc(Oc2ccccc2)c1. The van der Waals surface area contributed by atoms with Gasteiger partial charge in [0, 0.05) is 25.6 Å². The Morgan fingerprint density at radius 2 is 1.80 bits per heavy atom. The van der Waals surface area contributed by atoms with Crippen molar-refractivity contribution in [2.24, 2.45) is 0 Å². The molecule has 7 nitrogen and oxygen atoms in total. The van der Waals surface area contributed by atoms with Crippen LogP contribution in [0.5, 0.6) is 11.5 Å². The van der Waals surface area contributed by atoms with E-state index in [0.29, 0.717) is 30.4 Å². The zero-order valence-corrected chi connectivity index (χ0v) is 16.2. The van der Waals surface area contributed by atoms with Crippen LogP contribution in [0.3, 0.4) is 0 Å². The number of hydrogen-bond donors (Lipinski definition) is 1. The van der Waals surface area contributed by atoms with Crippen LogP contribution < -0.4 is 10.1 Å². The van der Waals surface area contributed by atoms with E-state index in [1.54, 1.807) is 12.3 Å². The van der Waals surface area contributed by atoms with Crippen LogP contribution in [0.25, 0.3) is 11.5 Å². The van der Waals surface area contributed by atoms with E-state index in [9.17, 15) is 4.79 Å². The molecule has 150 valence electrons. The fourth-order valence-corrected chi connectivity index (χ4v) is 2.81. The molecule has 4 rings (SSSR count). The molecule has 2 heterocycles. The van der Waals surface area contributed by atoms with Crippen LogP contribution in [0, 0.1) is 0 Å². The predicted octanol–water partition coefficient (Wildman–Crippen LogP) is 4.17. The number of amides is 1. The van der Waals surface area contributed by atoms with E-state index in [1.807, 2.05) is 66.7 Å². The van der Waals surface area contributed by atoms with Gasteiger partial charge in [-0.05, 0) is 42.0 Å². The maximum absolute atomic E-state index is 12.2. The second kappa shape index (κ2) is 9.47. The lowest BCUT2D eigenvalue weighted by molar-refractivity contribution is -0.121. The third kappa shape index (κ3) is 5.29. The molecule has 1 N–H and O–H groups in total. The van der Waals surface area contributed by atoms with Crippen LogP contribution in [0.15, 0.2) is 83.5 Å². The summed E-state index contributed by atoms with van der Waals surface area (Å²) in [6.45, 7) is 0.411. The van der Waals surface area contributed by atoms with Crippen molar-refractivity contribution in [3.63, 3.8) is 0 Å². The molecule has 0 atom stereocenters. The first-order valence-electron chi connectivity index (χ1n) is 9.59. The molecule has 2 aromatic carbocycles. The van der Waals surface area contributed by atoms with Crippen LogP contribution in [0.1, 0.15) is 17.9 Å². The monoisotopic (exact) mass is 400 g/mol. The number of aromatic nitrogens is 3. The third-order valence-electron chi connectivity index (χ3n) is 4.30. The largest absolute Gasteiger partial charge is 0.457 e. The predicted molar refractivity (Wildman–Crippen MR) is 111 cm³/mol. The maximum atomic E-state index is 12.2. The van der Waals surface area contributed by atoms with E-state index in [-0.39, 0.29) is 12.3 Å². The number of benzene rings is 2. The number of pyridine rings is 1. The summed E-state index contributed by atoms with van der Waals surface area (Å²) in [5.41, 5.74) is 1.58. The highest BCUT2D eigenvalue weighted by atomic mass is 16.5. The van der Waals surface area contributed by atoms with Crippen molar-refractivity contribution in [2.75, 3.05) is 0 Å². The highest BCUT2D eigenvalue weighted by Crippen LogP contribution is 2.21. The quantitative estimate of drug-likeness (QED) is 0.477. The summed E-state index contributed by atoms with van der Waals surface area (Å²) >= 11 is 0. The van der Waals surface area contributed by atoms with Gasteiger partial charge in [-0.15, -0.1) is 0 Å². The lowest BCUT2D eigenvalue weighted by Gasteiger charge is -2.08. The van der Waals surface area contributed by atoms with E-state index < -0.39 is 0 Å². The van der Waals surface area contributed by atoms with E-state index in [2.05, 4.69) is 20.4 Å². The summed E-state index contributed by atoms with van der Waals surface area (Å²) in [7, 11) is 0. The molecule has 0 saturated carbocycles. The number of carbonyl (C=O) groups is 1. The Morgan fingerprint density at radius 1 is 0.967 bits per heavy atom. The second-order valence-electron chi connectivity index (χ2n) is 6.57. The Labute approximate surface area is 173 Å². The highest BCUT2D eigenvalue weighted by Gasteiger charge is 2.11. The smallest absolute Gasteiger partial charge is 0.227 e. The van der Waals surface area contributed by atoms with Crippen molar-refractivity contribution in [1.82, 2.24) is 20.4 Å². The van der Waals surface area contributed by atoms with Gasteiger partial charge in [-0.25, -0.2) is 0 Å². The summed E-state index contributed by atoms with van der Waals surface area (Å²) < 4.78 is 11.0. The standard InChI is InChI=1S/C23H20N4O3/c28-21(12-13-22-26-23(27-30-22)20-11-4-5-14-24-20)25-16-17-7-6-10-19(15-17)29-18-8-2-1-3-9-18/h1-11,14-15H,12-13,16H2,(H,25,28). The van der Waals surface area contributed by atoms with Crippen LogP contribution in [0.4, 0.5) is 0 Å². The van der Waals surface area contributed by atoms with Gasteiger partial charge in [-0.1, -0.05) is 41.6 Å². The van der Waals surface area contributed by atoms with E-state index in [4.69, 9.17) is 9.26 Å². The third-order valence-corrected chi connectivity index (χ3v) is 4.30. The Bertz CT molecular complexity index is 1100. The number of hydrogen-bond acceptors (Lipinski definition) is 6. The zero-order chi connectivity index (χ0) is 20.6. The average Bonchev–Trinajstić information content (AvgIpc) is 3.27. The van der Waals surface area contributed by atoms with Crippen molar-refractivity contribution in [1.29, 1.82) is 0 Å². The van der Waals surface area contributed by atoms with Crippen LogP contribution in [-0.2, 0) is 17.8 Å². The molecular weight excluding hydrogens is 380 g/mol. The highest BCUT2D eigenvalue weighted by molar-refractivity contribution is 5.76. The summed E-state index contributed by atoms with van der Waals surface area (Å²) in [6, 6.07) is 22.7. The molecule has 0 bridgehead atoms. The number of aryl methyl sites for hydroxylation is 1. The number of nitrogens with zero attached hydrogens (tertiary/aromatic N) is 3. The molecule has 0 aliphatic carbocycles. The van der Waals surface area contributed by atoms with E-state index in [1.165, 1.54) is 0 Å². The fourth-order valence-electron chi connectivity index (χ4n) is 2.81. The number of para-hydroxylation sites is 1. The molecule has 30 heavy (non-hydrogen) atoms. The number of rotatable bonds is 8. The first kappa shape index (κ1) is 19.3. The van der Waals surface area contributed by atoms with Gasteiger partial charge < -0.3 is 14.6 Å². The maximum Gasteiger partial charge on any atom is 0.227 e. The topological polar surface area (TPSA) is 90.1 Å². The number of ether oxygens (including phenoxy) is 1. The molecule has 2 aromatic heterocycles. The summed E-state index contributed by atoms with van der Waals surface area (Å²) in [5.74, 6) is 2.22. The molecule has 0 radical (unpaired) electrons. The molecule has 0 unspecified atom stereocenters. The molecular formula is C23H20N4O3. The normalized spacial score (nSPS) is 10.5. The van der Waals surface area contributed by atoms with Gasteiger partial charge in [0.2, 0.25) is 17.6 Å². The lowest BCUT2D eigenvalue weighted by atomic mass is 10.2. The van der Waals surface area contributed by atoms with Gasteiger partial charge in [-0.2, -0.15) is 4.98 Å². The van der Waals surface area contributed by atoms with Crippen molar-refractivity contribution >= 4 is 5.91 Å². The first-order chi connectivity index (χ1) is 14.8. The Hall–Kier alpha value is -4.00. The van der Waals surface area contributed by atoms with Crippen molar-refractivity contribution in [3.05, 3.63) is 90.4 Å². The average molecular weight is 400 g/mol. The Kier molecular flexibility index (Phi) is 6.10. The number of carbonyl (C=O) groups excluding carboxylic acids is 1. The van der Waals surface area contributed by atoms with Gasteiger partial charge in [-0.3, -0.25) is 9.78 Å². The van der Waals surface area contributed by atoms with E-state index >= 15 is 0 Å². The molecule has 0 spiro atoms. The summed E-state index contributed by atoms with van der Waals surface area (Å²) in [5, 5.41) is 6.81. The van der Waals surface area contributed by atoms with Gasteiger partial charge in [0.15, 0.2) is 0 Å². The van der Waals surface area contributed by atoms with Gasteiger partial charge >= 0.3 is 0 Å². The van der Waals surface area contributed by atoms with Crippen LogP contribution >= 0.6 is 0 Å². The molecule has 0 saturated heterocycles. The summed E-state index contributed by atoms with van der Waals surface area (Å²) in [4.78, 5) is 20.7. The molecule has 7 heteroatoms. The minimum atomic E-state index is -0.0954. The molecule has 1 amide bonds. The molecule has 0 aliphatic rings. The van der Waals surface area contributed by atoms with Crippen molar-refractivity contribution in [3.8, 4) is 23.0 Å². The minimum absolute atomic E-state index is 0.0954. The fraction of sp³-hybridized carbons (Fsp3) is 0.130. The zero-order valence-electron chi connectivity index (χ0n) is 16.2. The van der Waals surface area contributed by atoms with Gasteiger partial charge in [0.25, 0.3) is 0 Å². The lowest BCUT2D eigenvalue weighted by Crippen LogP contribution is -2.23. The number of nitrogens with one attached hydrogen (secondary N) is 1. The van der Waals surface area contributed by atoms with Gasteiger partial charge in [0.1, 0.15) is 17.2 Å². The van der Waals surface area contributed by atoms with Crippen molar-refractivity contribution in [2.45, 2.75) is 19.4 Å². The first-order valence-corrected chi connectivity index (χ1v) is 9.59.